The molecule has 0 amide bonds. The van der Waals surface area contributed by atoms with E-state index in [4.69, 9.17) is 5.73 Å². The number of aromatic nitrogens is 4. The number of fused-ring (bicyclic) bond motifs is 1. The Bertz CT molecular complexity index is 444. The van der Waals surface area contributed by atoms with Gasteiger partial charge < -0.3 is 5.73 Å². The number of rotatable bonds is 1. The van der Waals surface area contributed by atoms with Crippen molar-refractivity contribution in [3.05, 3.63) is 12.4 Å². The van der Waals surface area contributed by atoms with E-state index in [0.29, 0.717) is 22.1 Å². The van der Waals surface area contributed by atoms with Crippen molar-refractivity contribution in [1.82, 2.24) is 19.9 Å². The molecule has 2 aromatic heterocycles. The lowest BCUT2D eigenvalue weighted by Crippen LogP contribution is -1.99. The predicted molar refractivity (Wildman–Crippen MR) is 51.3 cm³/mol. The first-order valence-corrected chi connectivity index (χ1v) is 4.82. The van der Waals surface area contributed by atoms with Gasteiger partial charge in [0.15, 0.2) is 16.6 Å². The highest BCUT2D eigenvalue weighted by atomic mass is 32.2. The third-order valence-corrected chi connectivity index (χ3v) is 2.07. The van der Waals surface area contributed by atoms with E-state index in [0.717, 1.165) is 0 Å². The van der Waals surface area contributed by atoms with Crippen molar-refractivity contribution in [3.63, 3.8) is 0 Å². The highest BCUT2D eigenvalue weighted by Crippen LogP contribution is 2.16. The maximum absolute atomic E-state index is 5.67. The summed E-state index contributed by atoms with van der Waals surface area (Å²) in [4.78, 5) is 16.3. The number of nitrogen functional groups attached to an aromatic ring is 1. The second kappa shape index (κ2) is 3.14. The smallest absolute Gasteiger partial charge is 0.191 e. The molecule has 0 bridgehead atoms. The molecular weight excluding hydrogens is 186 g/mol. The Hall–Kier alpha value is -1.43. The number of hydrogen-bond donors (Lipinski definition) is 1. The lowest BCUT2D eigenvalue weighted by Gasteiger charge is -2.00. The summed E-state index contributed by atoms with van der Waals surface area (Å²) in [5.41, 5.74) is 6.76. The first-order valence-electron chi connectivity index (χ1n) is 3.59. The lowest BCUT2D eigenvalue weighted by atomic mass is 10.5. The highest BCUT2D eigenvalue weighted by molar-refractivity contribution is 7.98. The minimum atomic E-state index is 0.377. The molecule has 0 atom stereocenters. The summed E-state index contributed by atoms with van der Waals surface area (Å²) in [6.07, 6.45) is 5.04. The Morgan fingerprint density at radius 1 is 1.23 bits per heavy atom. The van der Waals surface area contributed by atoms with Gasteiger partial charge in [0, 0.05) is 12.4 Å². The summed E-state index contributed by atoms with van der Waals surface area (Å²) in [5, 5.41) is 0.616. The topological polar surface area (TPSA) is 77.6 Å². The van der Waals surface area contributed by atoms with Crippen LogP contribution in [0.1, 0.15) is 0 Å². The molecule has 0 fully saturated rings. The zero-order valence-electron chi connectivity index (χ0n) is 6.93. The number of thioether (sulfide) groups is 1. The van der Waals surface area contributed by atoms with Crippen LogP contribution in [0.25, 0.3) is 11.2 Å². The van der Waals surface area contributed by atoms with Gasteiger partial charge in [-0.3, -0.25) is 0 Å². The maximum atomic E-state index is 5.67. The molecule has 5 nitrogen and oxygen atoms in total. The molecule has 0 saturated carbocycles. The van der Waals surface area contributed by atoms with Crippen LogP contribution in [-0.2, 0) is 0 Å². The molecule has 0 aliphatic rings. The van der Waals surface area contributed by atoms with E-state index in [9.17, 15) is 0 Å². The Balaban J connectivity index is 2.77. The fourth-order valence-electron chi connectivity index (χ4n) is 0.956. The Kier molecular flexibility index (Phi) is 1.97. The van der Waals surface area contributed by atoms with Crippen molar-refractivity contribution in [3.8, 4) is 0 Å². The predicted octanol–water partition coefficient (Wildman–Crippen LogP) is 0.724. The minimum absolute atomic E-state index is 0.377. The molecule has 0 radical (unpaired) electrons. The Morgan fingerprint density at radius 3 is 2.77 bits per heavy atom. The van der Waals surface area contributed by atoms with Crippen molar-refractivity contribution in [2.24, 2.45) is 0 Å². The second-order valence-corrected chi connectivity index (χ2v) is 3.10. The summed E-state index contributed by atoms with van der Waals surface area (Å²) >= 11 is 1.43. The third kappa shape index (κ3) is 1.40. The van der Waals surface area contributed by atoms with Gasteiger partial charge in [-0.05, 0) is 6.26 Å². The van der Waals surface area contributed by atoms with Crippen molar-refractivity contribution in [2.45, 2.75) is 5.16 Å². The van der Waals surface area contributed by atoms with Crippen LogP contribution in [0.2, 0.25) is 0 Å². The zero-order chi connectivity index (χ0) is 9.26. The van der Waals surface area contributed by atoms with Crippen LogP contribution in [0.4, 0.5) is 5.82 Å². The van der Waals surface area contributed by atoms with Crippen molar-refractivity contribution in [1.29, 1.82) is 0 Å². The molecule has 2 N–H and O–H groups in total. The quantitative estimate of drug-likeness (QED) is 0.531. The average molecular weight is 193 g/mol. The second-order valence-electron chi connectivity index (χ2n) is 2.32. The fraction of sp³-hybridized carbons (Fsp3) is 0.143. The van der Waals surface area contributed by atoms with Gasteiger partial charge in [0.2, 0.25) is 0 Å². The van der Waals surface area contributed by atoms with Crippen LogP contribution >= 0.6 is 11.8 Å². The Labute approximate surface area is 78.8 Å². The number of nitrogens with two attached hydrogens (primary N) is 1. The molecule has 0 aliphatic heterocycles. The average Bonchev–Trinajstić information content (AvgIpc) is 2.18. The van der Waals surface area contributed by atoms with Crippen molar-refractivity contribution >= 4 is 28.7 Å². The molecule has 2 rings (SSSR count). The van der Waals surface area contributed by atoms with Crippen LogP contribution in [0.15, 0.2) is 17.6 Å². The van der Waals surface area contributed by atoms with Gasteiger partial charge in [0.05, 0.1) is 0 Å². The van der Waals surface area contributed by atoms with Crippen LogP contribution in [0.3, 0.4) is 0 Å². The fourth-order valence-corrected chi connectivity index (χ4v) is 1.32. The van der Waals surface area contributed by atoms with E-state index in [1.807, 2.05) is 6.26 Å². The Morgan fingerprint density at radius 2 is 2.00 bits per heavy atom. The van der Waals surface area contributed by atoms with Gasteiger partial charge in [-0.2, -0.15) is 0 Å². The molecule has 0 spiro atoms. The van der Waals surface area contributed by atoms with Crippen molar-refractivity contribution < 1.29 is 0 Å². The third-order valence-electron chi connectivity index (χ3n) is 1.52. The normalized spacial score (nSPS) is 10.5. The van der Waals surface area contributed by atoms with E-state index in [-0.39, 0.29) is 0 Å². The number of anilines is 1. The van der Waals surface area contributed by atoms with Gasteiger partial charge in [0.25, 0.3) is 0 Å². The van der Waals surface area contributed by atoms with Crippen molar-refractivity contribution in [2.75, 3.05) is 12.0 Å². The SMILES string of the molecule is CSc1nc(N)c2nccnc2n1. The van der Waals surface area contributed by atoms with E-state index < -0.39 is 0 Å². The summed E-state index contributed by atoms with van der Waals surface area (Å²) < 4.78 is 0. The van der Waals surface area contributed by atoms with Gasteiger partial charge in [-0.15, -0.1) is 0 Å². The maximum Gasteiger partial charge on any atom is 0.191 e. The van der Waals surface area contributed by atoms with Crippen LogP contribution in [-0.4, -0.2) is 26.2 Å². The molecular formula is C7H7N5S. The first kappa shape index (κ1) is 8.18. The zero-order valence-corrected chi connectivity index (χ0v) is 7.75. The van der Waals surface area contributed by atoms with Crippen LogP contribution in [0.5, 0.6) is 0 Å². The molecule has 13 heavy (non-hydrogen) atoms. The molecule has 0 aliphatic carbocycles. The van der Waals surface area contributed by atoms with Crippen LogP contribution < -0.4 is 5.73 Å². The largest absolute Gasteiger partial charge is 0.382 e. The standard InChI is InChI=1S/C7H7N5S/c1-13-7-11-5(8)4-6(12-7)10-3-2-9-4/h2-3H,1H3,(H2,8,10,11,12). The highest BCUT2D eigenvalue weighted by Gasteiger charge is 2.04. The summed E-state index contributed by atoms with van der Waals surface area (Å²) in [5.74, 6) is 0.377. The minimum Gasteiger partial charge on any atom is -0.382 e. The summed E-state index contributed by atoms with van der Waals surface area (Å²) in [6, 6.07) is 0. The van der Waals surface area contributed by atoms with E-state index in [1.54, 1.807) is 12.4 Å². The summed E-state index contributed by atoms with van der Waals surface area (Å²) in [6.45, 7) is 0. The summed E-state index contributed by atoms with van der Waals surface area (Å²) in [7, 11) is 0. The number of nitrogens with zero attached hydrogens (tertiary/aromatic N) is 4. The van der Waals surface area contributed by atoms with E-state index >= 15 is 0 Å². The van der Waals surface area contributed by atoms with E-state index in [1.165, 1.54) is 11.8 Å². The first-order chi connectivity index (χ1) is 6.31. The molecule has 6 heteroatoms. The molecule has 2 aromatic rings. The number of hydrogen-bond acceptors (Lipinski definition) is 6. The molecule has 2 heterocycles. The van der Waals surface area contributed by atoms with Crippen LogP contribution in [0, 0.1) is 0 Å². The van der Waals surface area contributed by atoms with E-state index in [2.05, 4.69) is 19.9 Å². The molecule has 0 unspecified atom stereocenters. The van der Waals surface area contributed by atoms with Gasteiger partial charge in [0.1, 0.15) is 5.52 Å². The van der Waals surface area contributed by atoms with Gasteiger partial charge in [-0.1, -0.05) is 11.8 Å². The molecule has 66 valence electrons. The molecule has 0 aromatic carbocycles. The van der Waals surface area contributed by atoms with Gasteiger partial charge >= 0.3 is 0 Å². The lowest BCUT2D eigenvalue weighted by molar-refractivity contribution is 0.990. The monoisotopic (exact) mass is 193 g/mol. The molecule has 0 saturated heterocycles. The van der Waals surface area contributed by atoms with Gasteiger partial charge in [-0.25, -0.2) is 19.9 Å².